The fraction of sp³-hybridized carbons (Fsp3) is 0.933. The zero-order valence-electron chi connectivity index (χ0n) is 12.6. The average molecular weight is 296 g/mol. The van der Waals surface area contributed by atoms with Crippen molar-refractivity contribution < 1.29 is 0 Å². The largest absolute Gasteiger partial charge is 0.337 e. The van der Waals surface area contributed by atoms with E-state index in [4.69, 9.17) is 4.99 Å². The second-order valence-corrected chi connectivity index (χ2v) is 7.11. The summed E-state index contributed by atoms with van der Waals surface area (Å²) in [6.45, 7) is 8.35. The monoisotopic (exact) mass is 296 g/mol. The van der Waals surface area contributed by atoms with Gasteiger partial charge < -0.3 is 4.90 Å². The first-order chi connectivity index (χ1) is 9.92. The van der Waals surface area contributed by atoms with E-state index in [1.807, 2.05) is 11.8 Å². The summed E-state index contributed by atoms with van der Waals surface area (Å²) < 4.78 is 0. The maximum absolute atomic E-state index is 4.72. The number of piperidine rings is 2. The van der Waals surface area contributed by atoms with Crippen LogP contribution in [0.15, 0.2) is 4.99 Å². The quantitative estimate of drug-likeness (QED) is 0.793. The van der Waals surface area contributed by atoms with E-state index in [0.29, 0.717) is 0 Å². The van der Waals surface area contributed by atoms with Crippen LogP contribution < -0.4 is 0 Å². The molecule has 2 saturated heterocycles. The molecule has 0 aromatic heterocycles. The van der Waals surface area contributed by atoms with Crippen molar-refractivity contribution in [3.8, 4) is 0 Å². The molecule has 0 aromatic rings. The third-order valence-corrected chi connectivity index (χ3v) is 5.67. The fourth-order valence-corrected chi connectivity index (χ4v) is 4.38. The van der Waals surface area contributed by atoms with E-state index in [9.17, 15) is 0 Å². The Balaban J connectivity index is 1.42. The van der Waals surface area contributed by atoms with Gasteiger partial charge in [-0.25, -0.2) is 0 Å². The Morgan fingerprint density at radius 3 is 2.15 bits per heavy atom. The molecule has 3 heterocycles. The lowest BCUT2D eigenvalue weighted by Crippen LogP contribution is -2.42. The molecule has 3 aliphatic heterocycles. The Bertz CT molecular complexity index is 322. The van der Waals surface area contributed by atoms with Crippen LogP contribution in [0, 0.1) is 0 Å². The molecule has 3 rings (SSSR count). The highest BCUT2D eigenvalue weighted by atomic mass is 32.2. The maximum Gasteiger partial charge on any atom is 0.161 e. The molecule has 2 fully saturated rings. The van der Waals surface area contributed by atoms with Crippen LogP contribution in [0.3, 0.4) is 0 Å². The number of rotatable bonds is 4. The van der Waals surface area contributed by atoms with Crippen LogP contribution in [-0.4, -0.2) is 71.7 Å². The highest BCUT2D eigenvalue weighted by Crippen LogP contribution is 2.19. The molecule has 0 atom stereocenters. The van der Waals surface area contributed by atoms with E-state index in [1.165, 1.54) is 69.9 Å². The minimum Gasteiger partial charge on any atom is -0.337 e. The molecule has 0 saturated carbocycles. The molecule has 5 heteroatoms. The Morgan fingerprint density at radius 1 is 0.800 bits per heavy atom. The molecule has 0 aliphatic carbocycles. The molecule has 0 radical (unpaired) electrons. The first-order valence-electron chi connectivity index (χ1n) is 8.29. The van der Waals surface area contributed by atoms with Crippen LogP contribution in [-0.2, 0) is 0 Å². The van der Waals surface area contributed by atoms with Gasteiger partial charge in [-0.2, -0.15) is 0 Å². The first kappa shape index (κ1) is 14.7. The standard InChI is InChI=1S/C15H28N4S/c1-3-8-17(9-4-1)13-19-12-7-16-15(19)20-14-18-10-5-2-6-11-18/h1-14H2. The molecular formula is C15H28N4S. The summed E-state index contributed by atoms with van der Waals surface area (Å²) >= 11 is 1.96. The average Bonchev–Trinajstić information content (AvgIpc) is 2.94. The minimum absolute atomic E-state index is 0.996. The topological polar surface area (TPSA) is 22.1 Å². The molecular weight excluding hydrogens is 268 g/mol. The van der Waals surface area contributed by atoms with E-state index in [-0.39, 0.29) is 0 Å². The normalized spacial score (nSPS) is 26.0. The number of hydrogen-bond donors (Lipinski definition) is 0. The van der Waals surface area contributed by atoms with Gasteiger partial charge in [0.2, 0.25) is 0 Å². The van der Waals surface area contributed by atoms with Gasteiger partial charge in [-0.1, -0.05) is 24.6 Å². The van der Waals surface area contributed by atoms with Crippen LogP contribution in [0.2, 0.25) is 0 Å². The third-order valence-electron chi connectivity index (χ3n) is 4.53. The number of nitrogens with zero attached hydrogens (tertiary/aromatic N) is 4. The van der Waals surface area contributed by atoms with E-state index in [2.05, 4.69) is 14.7 Å². The molecule has 0 unspecified atom stereocenters. The van der Waals surface area contributed by atoms with E-state index < -0.39 is 0 Å². The highest BCUT2D eigenvalue weighted by molar-refractivity contribution is 8.13. The summed E-state index contributed by atoms with van der Waals surface area (Å²) in [6, 6.07) is 0. The number of likely N-dealkylation sites (tertiary alicyclic amines) is 2. The molecule has 0 spiro atoms. The smallest absolute Gasteiger partial charge is 0.161 e. The van der Waals surface area contributed by atoms with Crippen LogP contribution in [0.5, 0.6) is 0 Å². The lowest BCUT2D eigenvalue weighted by Gasteiger charge is -2.32. The van der Waals surface area contributed by atoms with Gasteiger partial charge in [-0.05, 0) is 51.9 Å². The highest BCUT2D eigenvalue weighted by Gasteiger charge is 2.22. The Kier molecular flexibility index (Phi) is 5.62. The van der Waals surface area contributed by atoms with Crippen LogP contribution in [0.4, 0.5) is 0 Å². The van der Waals surface area contributed by atoms with Crippen LogP contribution >= 0.6 is 11.8 Å². The van der Waals surface area contributed by atoms with E-state index in [1.54, 1.807) is 0 Å². The van der Waals surface area contributed by atoms with Crippen LogP contribution in [0.1, 0.15) is 38.5 Å². The van der Waals surface area contributed by atoms with Crippen molar-refractivity contribution in [3.63, 3.8) is 0 Å². The summed E-state index contributed by atoms with van der Waals surface area (Å²) in [6.07, 6.45) is 8.35. The van der Waals surface area contributed by atoms with Gasteiger partial charge in [-0.3, -0.25) is 14.8 Å². The fourth-order valence-electron chi connectivity index (χ4n) is 3.31. The van der Waals surface area contributed by atoms with Gasteiger partial charge in [0, 0.05) is 6.54 Å². The van der Waals surface area contributed by atoms with Gasteiger partial charge >= 0.3 is 0 Å². The Labute approximate surface area is 127 Å². The van der Waals surface area contributed by atoms with Crippen LogP contribution in [0.25, 0.3) is 0 Å². The molecule has 0 amide bonds. The molecule has 3 aliphatic rings. The number of thioether (sulfide) groups is 1. The van der Waals surface area contributed by atoms with Crippen molar-refractivity contribution in [1.82, 2.24) is 14.7 Å². The van der Waals surface area contributed by atoms with Crippen molar-refractivity contribution >= 4 is 16.9 Å². The number of amidine groups is 1. The SMILES string of the molecule is C1CCN(CSC2=NCCN2CN2CCCCC2)CC1. The summed E-state index contributed by atoms with van der Waals surface area (Å²) in [5.41, 5.74) is 0. The van der Waals surface area contributed by atoms with Crippen molar-refractivity contribution in [2.75, 3.05) is 51.8 Å². The van der Waals surface area contributed by atoms with Gasteiger partial charge in [0.1, 0.15) is 0 Å². The predicted molar refractivity (Wildman–Crippen MR) is 87.2 cm³/mol. The number of hydrogen-bond acceptors (Lipinski definition) is 5. The summed E-state index contributed by atoms with van der Waals surface area (Å²) in [5.74, 6) is 1.13. The third kappa shape index (κ3) is 4.12. The minimum atomic E-state index is 0.996. The molecule has 20 heavy (non-hydrogen) atoms. The van der Waals surface area contributed by atoms with Crippen molar-refractivity contribution in [3.05, 3.63) is 0 Å². The first-order valence-corrected chi connectivity index (χ1v) is 9.27. The zero-order chi connectivity index (χ0) is 13.6. The van der Waals surface area contributed by atoms with Gasteiger partial charge in [0.25, 0.3) is 0 Å². The summed E-state index contributed by atoms with van der Waals surface area (Å²) in [4.78, 5) is 12.4. The molecule has 4 nitrogen and oxygen atoms in total. The van der Waals surface area contributed by atoms with Crippen molar-refractivity contribution in [1.29, 1.82) is 0 Å². The molecule has 0 aromatic carbocycles. The summed E-state index contributed by atoms with van der Waals surface area (Å²) in [7, 11) is 0. The van der Waals surface area contributed by atoms with Gasteiger partial charge in [-0.15, -0.1) is 0 Å². The Morgan fingerprint density at radius 2 is 1.45 bits per heavy atom. The maximum atomic E-state index is 4.72. The molecule has 114 valence electrons. The molecule has 0 N–H and O–H groups in total. The van der Waals surface area contributed by atoms with E-state index in [0.717, 1.165) is 25.6 Å². The van der Waals surface area contributed by atoms with Crippen molar-refractivity contribution in [2.45, 2.75) is 38.5 Å². The second kappa shape index (κ2) is 7.66. The lowest BCUT2D eigenvalue weighted by molar-refractivity contribution is 0.167. The predicted octanol–water partition coefficient (Wildman–Crippen LogP) is 2.28. The Hall–Kier alpha value is -0.260. The van der Waals surface area contributed by atoms with Gasteiger partial charge in [0.15, 0.2) is 5.17 Å². The van der Waals surface area contributed by atoms with Gasteiger partial charge in [0.05, 0.1) is 19.1 Å². The van der Waals surface area contributed by atoms with E-state index >= 15 is 0 Å². The molecule has 0 bridgehead atoms. The second-order valence-electron chi connectivity index (χ2n) is 6.20. The lowest BCUT2D eigenvalue weighted by atomic mass is 10.1. The summed E-state index contributed by atoms with van der Waals surface area (Å²) in [5, 5.41) is 1.29. The number of aliphatic imine (C=N–C) groups is 1. The zero-order valence-corrected chi connectivity index (χ0v) is 13.4. The van der Waals surface area contributed by atoms with Crippen molar-refractivity contribution in [2.24, 2.45) is 4.99 Å².